The highest BCUT2D eigenvalue weighted by Crippen LogP contribution is 2.41. The predicted octanol–water partition coefficient (Wildman–Crippen LogP) is 7.98. The summed E-state index contributed by atoms with van der Waals surface area (Å²) in [5, 5.41) is 0. The fourth-order valence-corrected chi connectivity index (χ4v) is 5.54. The molecule has 0 heterocycles. The van der Waals surface area contributed by atoms with E-state index in [1.165, 1.54) is 6.07 Å². The molecule has 0 atom stereocenters. The maximum atomic E-state index is 15.1. The number of carbonyl (C=O) groups excluding carboxylic acids is 1. The van der Waals surface area contributed by atoms with Gasteiger partial charge in [-0.05, 0) is 99.3 Å². The SMILES string of the molecule is C=CC1CCC(c2ccc(C3CCC(OC(=O)c4ccc(OCC)c(F)c4F)CC3)c(F)c2F)CC1. The molecule has 2 aromatic rings. The van der Waals surface area contributed by atoms with Gasteiger partial charge in [0.25, 0.3) is 0 Å². The normalized spacial score (nSPS) is 24.2. The molecule has 0 saturated heterocycles. The van der Waals surface area contributed by atoms with E-state index in [9.17, 15) is 13.6 Å². The summed E-state index contributed by atoms with van der Waals surface area (Å²) in [5.41, 5.74) is 0.301. The van der Waals surface area contributed by atoms with E-state index in [4.69, 9.17) is 9.47 Å². The molecule has 0 N–H and O–H groups in total. The largest absolute Gasteiger partial charge is 0.491 e. The van der Waals surface area contributed by atoms with Gasteiger partial charge in [0, 0.05) is 0 Å². The fourth-order valence-electron chi connectivity index (χ4n) is 5.54. The molecule has 0 unspecified atom stereocenters. The number of hydrogen-bond donors (Lipinski definition) is 0. The van der Waals surface area contributed by atoms with Crippen molar-refractivity contribution in [2.75, 3.05) is 6.61 Å². The Morgan fingerprint density at radius 1 is 0.833 bits per heavy atom. The number of esters is 1. The number of rotatable bonds is 7. The second kappa shape index (κ2) is 11.5. The van der Waals surface area contributed by atoms with E-state index in [2.05, 4.69) is 6.58 Å². The van der Waals surface area contributed by atoms with Crippen LogP contribution in [-0.4, -0.2) is 18.7 Å². The predicted molar refractivity (Wildman–Crippen MR) is 129 cm³/mol. The van der Waals surface area contributed by atoms with E-state index in [1.807, 2.05) is 6.08 Å². The summed E-state index contributed by atoms with van der Waals surface area (Å²) in [7, 11) is 0. The highest BCUT2D eigenvalue weighted by Gasteiger charge is 2.31. The third-order valence-electron chi connectivity index (χ3n) is 7.64. The van der Waals surface area contributed by atoms with Crippen LogP contribution in [-0.2, 0) is 4.74 Å². The monoisotopic (exact) mass is 504 g/mol. The quantitative estimate of drug-likeness (QED) is 0.218. The van der Waals surface area contributed by atoms with Crippen LogP contribution in [0.2, 0.25) is 0 Å². The number of ether oxygens (including phenoxy) is 2. The molecular weight excluding hydrogens is 472 g/mol. The molecule has 0 radical (unpaired) electrons. The standard InChI is InChI=1S/C29H32F4O3/c1-3-17-5-7-18(8-6-17)21-13-14-22(26(31)25(21)30)19-9-11-20(12-10-19)36-29(34)23-15-16-24(35-4-2)28(33)27(23)32/h3,13-20H,1,4-12H2,2H3. The molecule has 2 aliphatic carbocycles. The average Bonchev–Trinajstić information content (AvgIpc) is 2.89. The summed E-state index contributed by atoms with van der Waals surface area (Å²) in [6.07, 6.45) is 6.80. The Kier molecular flexibility index (Phi) is 8.37. The molecule has 36 heavy (non-hydrogen) atoms. The minimum Gasteiger partial charge on any atom is -0.491 e. The molecule has 7 heteroatoms. The van der Waals surface area contributed by atoms with Crippen molar-refractivity contribution in [2.24, 2.45) is 5.92 Å². The summed E-state index contributed by atoms with van der Waals surface area (Å²) < 4.78 is 68.9. The van der Waals surface area contributed by atoms with Crippen molar-refractivity contribution in [3.05, 3.63) is 76.9 Å². The smallest absolute Gasteiger partial charge is 0.341 e. The third kappa shape index (κ3) is 5.45. The van der Waals surface area contributed by atoms with Gasteiger partial charge in [-0.25, -0.2) is 18.0 Å². The summed E-state index contributed by atoms with van der Waals surface area (Å²) in [6.45, 7) is 5.63. The summed E-state index contributed by atoms with van der Waals surface area (Å²) in [6, 6.07) is 5.76. The van der Waals surface area contributed by atoms with Crippen LogP contribution >= 0.6 is 0 Å². The summed E-state index contributed by atoms with van der Waals surface area (Å²) in [5.74, 6) is -5.03. The maximum Gasteiger partial charge on any atom is 0.341 e. The van der Waals surface area contributed by atoms with Gasteiger partial charge in [-0.15, -0.1) is 6.58 Å². The molecule has 0 aliphatic heterocycles. The third-order valence-corrected chi connectivity index (χ3v) is 7.64. The number of carbonyl (C=O) groups is 1. The second-order valence-corrected chi connectivity index (χ2v) is 9.77. The van der Waals surface area contributed by atoms with Gasteiger partial charge >= 0.3 is 5.97 Å². The highest BCUT2D eigenvalue weighted by atomic mass is 19.2. The van der Waals surface area contributed by atoms with Crippen LogP contribution in [0.4, 0.5) is 17.6 Å². The molecule has 0 bridgehead atoms. The van der Waals surface area contributed by atoms with Crippen molar-refractivity contribution in [1.82, 2.24) is 0 Å². The van der Waals surface area contributed by atoms with Crippen LogP contribution in [0.25, 0.3) is 0 Å². The van der Waals surface area contributed by atoms with Gasteiger partial charge in [0.2, 0.25) is 5.82 Å². The molecule has 2 saturated carbocycles. The van der Waals surface area contributed by atoms with Crippen molar-refractivity contribution >= 4 is 5.97 Å². The van der Waals surface area contributed by atoms with E-state index in [1.54, 1.807) is 19.1 Å². The Morgan fingerprint density at radius 2 is 1.39 bits per heavy atom. The molecule has 2 aromatic carbocycles. The van der Waals surface area contributed by atoms with Gasteiger partial charge < -0.3 is 9.47 Å². The Balaban J connectivity index is 1.36. The first-order valence-corrected chi connectivity index (χ1v) is 12.8. The highest BCUT2D eigenvalue weighted by molar-refractivity contribution is 5.90. The summed E-state index contributed by atoms with van der Waals surface area (Å²) in [4.78, 5) is 12.4. The minimum atomic E-state index is -1.31. The molecule has 194 valence electrons. The number of allylic oxidation sites excluding steroid dienone is 1. The van der Waals surface area contributed by atoms with Gasteiger partial charge in [0.1, 0.15) is 6.10 Å². The number of benzene rings is 2. The van der Waals surface area contributed by atoms with Crippen LogP contribution in [0, 0.1) is 29.2 Å². The lowest BCUT2D eigenvalue weighted by molar-refractivity contribution is 0.0188. The summed E-state index contributed by atoms with van der Waals surface area (Å²) >= 11 is 0. The van der Waals surface area contributed by atoms with E-state index in [0.717, 1.165) is 31.7 Å². The van der Waals surface area contributed by atoms with E-state index < -0.39 is 40.9 Å². The van der Waals surface area contributed by atoms with E-state index >= 15 is 8.78 Å². The van der Waals surface area contributed by atoms with Gasteiger partial charge in [-0.3, -0.25) is 0 Å². The van der Waals surface area contributed by atoms with Crippen molar-refractivity contribution in [2.45, 2.75) is 76.2 Å². The van der Waals surface area contributed by atoms with Gasteiger partial charge in [0.05, 0.1) is 12.2 Å². The van der Waals surface area contributed by atoms with E-state index in [0.29, 0.717) is 42.7 Å². The van der Waals surface area contributed by atoms with Crippen molar-refractivity contribution in [3.63, 3.8) is 0 Å². The first kappa shape index (κ1) is 26.2. The molecule has 2 aliphatic rings. The van der Waals surface area contributed by atoms with Crippen LogP contribution in [0.1, 0.15) is 91.6 Å². The van der Waals surface area contributed by atoms with Crippen LogP contribution in [0.5, 0.6) is 5.75 Å². The Bertz CT molecular complexity index is 1100. The van der Waals surface area contributed by atoms with Crippen molar-refractivity contribution < 1.29 is 31.8 Å². The van der Waals surface area contributed by atoms with Gasteiger partial charge in [-0.2, -0.15) is 4.39 Å². The maximum absolute atomic E-state index is 15.1. The fraction of sp³-hybridized carbons (Fsp3) is 0.483. The minimum absolute atomic E-state index is 0.0210. The molecule has 3 nitrogen and oxygen atoms in total. The van der Waals surface area contributed by atoms with Crippen LogP contribution in [0.3, 0.4) is 0 Å². The van der Waals surface area contributed by atoms with Gasteiger partial charge in [-0.1, -0.05) is 18.2 Å². The zero-order chi connectivity index (χ0) is 25.8. The van der Waals surface area contributed by atoms with Gasteiger partial charge in [0.15, 0.2) is 23.2 Å². The lowest BCUT2D eigenvalue weighted by Crippen LogP contribution is -2.25. The van der Waals surface area contributed by atoms with Crippen molar-refractivity contribution in [3.8, 4) is 5.75 Å². The lowest BCUT2D eigenvalue weighted by atomic mass is 9.77. The molecule has 2 fully saturated rings. The van der Waals surface area contributed by atoms with E-state index in [-0.39, 0.29) is 24.2 Å². The zero-order valence-corrected chi connectivity index (χ0v) is 20.5. The Labute approximate surface area is 209 Å². The lowest BCUT2D eigenvalue weighted by Gasteiger charge is -2.30. The molecule has 4 rings (SSSR count). The Morgan fingerprint density at radius 3 is 1.92 bits per heavy atom. The van der Waals surface area contributed by atoms with Crippen LogP contribution in [0.15, 0.2) is 36.9 Å². The topological polar surface area (TPSA) is 35.5 Å². The molecular formula is C29H32F4O3. The molecule has 0 aromatic heterocycles. The molecule has 0 amide bonds. The zero-order valence-electron chi connectivity index (χ0n) is 20.5. The first-order valence-electron chi connectivity index (χ1n) is 12.8. The Hall–Kier alpha value is -2.83. The van der Waals surface area contributed by atoms with Crippen molar-refractivity contribution in [1.29, 1.82) is 0 Å². The number of halogens is 4. The second-order valence-electron chi connectivity index (χ2n) is 9.77. The number of hydrogen-bond acceptors (Lipinski definition) is 3. The average molecular weight is 505 g/mol. The molecule has 0 spiro atoms. The van der Waals surface area contributed by atoms with Crippen LogP contribution < -0.4 is 4.74 Å². The first-order chi connectivity index (χ1) is 17.3.